The molecule has 0 saturated carbocycles. The molecule has 0 radical (unpaired) electrons. The van der Waals surface area contributed by atoms with E-state index in [2.05, 4.69) is 42.5 Å². The zero-order valence-electron chi connectivity index (χ0n) is 14.2. The number of hydrogen-bond donors (Lipinski definition) is 1. The predicted molar refractivity (Wildman–Crippen MR) is 105 cm³/mol. The fourth-order valence-corrected chi connectivity index (χ4v) is 3.72. The van der Waals surface area contributed by atoms with Crippen molar-refractivity contribution in [2.75, 3.05) is 0 Å². The van der Waals surface area contributed by atoms with Gasteiger partial charge >= 0.3 is 0 Å². The van der Waals surface area contributed by atoms with Crippen molar-refractivity contribution in [3.63, 3.8) is 0 Å². The Hall–Kier alpha value is -3.39. The van der Waals surface area contributed by atoms with Crippen molar-refractivity contribution in [2.24, 2.45) is 0 Å². The first-order chi connectivity index (χ1) is 12.8. The molecule has 5 rings (SSSR count). The van der Waals surface area contributed by atoms with E-state index in [4.69, 9.17) is 4.98 Å². The summed E-state index contributed by atoms with van der Waals surface area (Å²) in [5.41, 5.74) is 9.25. The van der Waals surface area contributed by atoms with Crippen molar-refractivity contribution in [3.05, 3.63) is 96.1 Å². The molecule has 3 aromatic carbocycles. The molecular formula is C24H17NO. The minimum absolute atomic E-state index is 0.283. The molecule has 0 aliphatic heterocycles. The number of phenols is 1. The van der Waals surface area contributed by atoms with Gasteiger partial charge in [-0.2, -0.15) is 0 Å². The van der Waals surface area contributed by atoms with Crippen LogP contribution in [0, 0.1) is 0 Å². The normalized spacial score (nSPS) is 11.8. The summed E-state index contributed by atoms with van der Waals surface area (Å²) in [5.74, 6) is 0.283. The number of phenolic OH excluding ortho intramolecular Hbond substituents is 1. The second kappa shape index (κ2) is 5.85. The largest absolute Gasteiger partial charge is 0.508 e. The van der Waals surface area contributed by atoms with E-state index in [-0.39, 0.29) is 5.75 Å². The monoisotopic (exact) mass is 335 g/mol. The van der Waals surface area contributed by atoms with E-state index in [0.717, 1.165) is 28.9 Å². The molecule has 1 aliphatic carbocycles. The first kappa shape index (κ1) is 14.9. The number of hydrogen-bond acceptors (Lipinski definition) is 2. The average Bonchev–Trinajstić information content (AvgIpc) is 3.07. The zero-order valence-corrected chi connectivity index (χ0v) is 14.2. The molecule has 2 nitrogen and oxygen atoms in total. The van der Waals surface area contributed by atoms with E-state index in [1.807, 2.05) is 30.3 Å². The van der Waals surface area contributed by atoms with Crippen molar-refractivity contribution >= 4 is 0 Å². The van der Waals surface area contributed by atoms with Gasteiger partial charge in [0.25, 0.3) is 0 Å². The highest BCUT2D eigenvalue weighted by atomic mass is 16.3. The fourth-order valence-electron chi connectivity index (χ4n) is 3.72. The number of fused-ring (bicyclic) bond motifs is 3. The van der Waals surface area contributed by atoms with Gasteiger partial charge in [0.1, 0.15) is 5.75 Å². The zero-order chi connectivity index (χ0) is 17.5. The van der Waals surface area contributed by atoms with E-state index in [1.54, 1.807) is 12.1 Å². The van der Waals surface area contributed by atoms with Crippen LogP contribution in [0.4, 0.5) is 0 Å². The molecule has 1 aliphatic rings. The third kappa shape index (κ3) is 2.39. The molecule has 124 valence electrons. The standard InChI is InChI=1S/C24H17NO/c26-19-12-10-16(11-13-19)21-15-23(17-6-2-1-3-7-17)25-24-20-9-5-4-8-18(20)14-22(21)24/h1-13,15,26H,14H2. The van der Waals surface area contributed by atoms with Gasteiger partial charge in [0.2, 0.25) is 0 Å². The van der Waals surface area contributed by atoms with Crippen molar-refractivity contribution in [3.8, 4) is 39.4 Å². The summed E-state index contributed by atoms with van der Waals surface area (Å²) in [4.78, 5) is 5.02. The highest BCUT2D eigenvalue weighted by Gasteiger charge is 2.24. The third-order valence-corrected chi connectivity index (χ3v) is 5.01. The number of nitrogens with zero attached hydrogens (tertiary/aromatic N) is 1. The molecular weight excluding hydrogens is 318 g/mol. The Morgan fingerprint density at radius 2 is 1.42 bits per heavy atom. The van der Waals surface area contributed by atoms with E-state index < -0.39 is 0 Å². The Morgan fingerprint density at radius 3 is 2.23 bits per heavy atom. The number of pyridine rings is 1. The quantitative estimate of drug-likeness (QED) is 0.449. The van der Waals surface area contributed by atoms with Gasteiger partial charge in [0.05, 0.1) is 11.4 Å². The van der Waals surface area contributed by atoms with Crippen LogP contribution < -0.4 is 0 Å². The molecule has 1 heterocycles. The Labute approximate surface area is 152 Å². The van der Waals surface area contributed by atoms with Gasteiger partial charge in [-0.3, -0.25) is 0 Å². The lowest BCUT2D eigenvalue weighted by Gasteiger charge is -2.12. The Kier molecular flexibility index (Phi) is 3.36. The molecule has 2 heteroatoms. The summed E-state index contributed by atoms with van der Waals surface area (Å²) in [6.45, 7) is 0. The maximum atomic E-state index is 9.66. The van der Waals surface area contributed by atoms with Crippen LogP contribution in [0.25, 0.3) is 33.6 Å². The lowest BCUT2D eigenvalue weighted by Crippen LogP contribution is -1.94. The SMILES string of the molecule is Oc1ccc(-c2cc(-c3ccccc3)nc3c2Cc2ccccc2-3)cc1. The van der Waals surface area contributed by atoms with Gasteiger partial charge in [-0.25, -0.2) is 4.98 Å². The van der Waals surface area contributed by atoms with Gasteiger partial charge in [-0.05, 0) is 40.5 Å². The first-order valence-electron chi connectivity index (χ1n) is 8.76. The van der Waals surface area contributed by atoms with Crippen LogP contribution in [0.1, 0.15) is 11.1 Å². The molecule has 0 bridgehead atoms. The maximum Gasteiger partial charge on any atom is 0.115 e. The molecule has 0 fully saturated rings. The molecule has 1 N–H and O–H groups in total. The third-order valence-electron chi connectivity index (χ3n) is 5.01. The van der Waals surface area contributed by atoms with Gasteiger partial charge in [0.15, 0.2) is 0 Å². The lowest BCUT2D eigenvalue weighted by atomic mass is 9.96. The molecule has 0 spiro atoms. The van der Waals surface area contributed by atoms with Crippen LogP contribution >= 0.6 is 0 Å². The Morgan fingerprint density at radius 1 is 0.692 bits per heavy atom. The van der Waals surface area contributed by atoms with Crippen LogP contribution in [0.2, 0.25) is 0 Å². The van der Waals surface area contributed by atoms with Crippen LogP contribution in [0.5, 0.6) is 5.75 Å². The minimum atomic E-state index is 0.283. The van der Waals surface area contributed by atoms with E-state index >= 15 is 0 Å². The second-order valence-electron chi connectivity index (χ2n) is 6.63. The summed E-state index contributed by atoms with van der Waals surface area (Å²) in [7, 11) is 0. The van der Waals surface area contributed by atoms with E-state index in [0.29, 0.717) is 0 Å². The highest BCUT2D eigenvalue weighted by Crippen LogP contribution is 2.42. The number of aromatic hydroxyl groups is 1. The smallest absolute Gasteiger partial charge is 0.115 e. The summed E-state index contributed by atoms with van der Waals surface area (Å²) in [6.07, 6.45) is 0.893. The topological polar surface area (TPSA) is 33.1 Å². The summed E-state index contributed by atoms with van der Waals surface area (Å²) in [6, 6.07) is 28.4. The predicted octanol–water partition coefficient (Wildman–Crippen LogP) is 5.69. The molecule has 26 heavy (non-hydrogen) atoms. The summed E-state index contributed by atoms with van der Waals surface area (Å²) >= 11 is 0. The number of rotatable bonds is 2. The molecule has 0 unspecified atom stereocenters. The van der Waals surface area contributed by atoms with Gasteiger partial charge < -0.3 is 5.11 Å². The molecule has 0 atom stereocenters. The highest BCUT2D eigenvalue weighted by molar-refractivity contribution is 5.85. The molecule has 4 aromatic rings. The average molecular weight is 335 g/mol. The van der Waals surface area contributed by atoms with Gasteiger partial charge in [-0.1, -0.05) is 66.7 Å². The van der Waals surface area contributed by atoms with Crippen molar-refractivity contribution in [2.45, 2.75) is 6.42 Å². The Balaban J connectivity index is 1.78. The lowest BCUT2D eigenvalue weighted by molar-refractivity contribution is 0.475. The summed E-state index contributed by atoms with van der Waals surface area (Å²) < 4.78 is 0. The Bertz CT molecular complexity index is 1100. The van der Waals surface area contributed by atoms with Crippen LogP contribution in [0.3, 0.4) is 0 Å². The van der Waals surface area contributed by atoms with Gasteiger partial charge in [-0.15, -0.1) is 0 Å². The fraction of sp³-hybridized carbons (Fsp3) is 0.0417. The minimum Gasteiger partial charge on any atom is -0.508 e. The van der Waals surface area contributed by atoms with E-state index in [9.17, 15) is 5.11 Å². The summed E-state index contributed by atoms with van der Waals surface area (Å²) in [5, 5.41) is 9.66. The number of aromatic nitrogens is 1. The van der Waals surface area contributed by atoms with Crippen LogP contribution in [-0.4, -0.2) is 10.1 Å². The maximum absolute atomic E-state index is 9.66. The van der Waals surface area contributed by atoms with Crippen LogP contribution in [-0.2, 0) is 6.42 Å². The van der Waals surface area contributed by atoms with Crippen molar-refractivity contribution in [1.82, 2.24) is 4.98 Å². The van der Waals surface area contributed by atoms with E-state index in [1.165, 1.54) is 22.3 Å². The first-order valence-corrected chi connectivity index (χ1v) is 8.76. The van der Waals surface area contributed by atoms with Crippen LogP contribution in [0.15, 0.2) is 84.9 Å². The molecule has 0 saturated heterocycles. The molecule has 1 aromatic heterocycles. The molecule has 0 amide bonds. The van der Waals surface area contributed by atoms with Crippen molar-refractivity contribution in [1.29, 1.82) is 0 Å². The second-order valence-corrected chi connectivity index (χ2v) is 6.63. The van der Waals surface area contributed by atoms with Crippen molar-refractivity contribution < 1.29 is 5.11 Å². The number of benzene rings is 3. The van der Waals surface area contributed by atoms with Gasteiger partial charge in [0, 0.05) is 17.5 Å².